The predicted molar refractivity (Wildman–Crippen MR) is 129 cm³/mol. The van der Waals surface area contributed by atoms with Gasteiger partial charge in [0.05, 0.1) is 0 Å². The lowest BCUT2D eigenvalue weighted by Crippen LogP contribution is -2.50. The van der Waals surface area contributed by atoms with E-state index < -0.39 is 6.04 Å². The van der Waals surface area contributed by atoms with Crippen LogP contribution in [-0.2, 0) is 21.9 Å². The Balaban J connectivity index is 1.61. The molecule has 0 bridgehead atoms. The third-order valence-electron chi connectivity index (χ3n) is 5.99. The topological polar surface area (TPSA) is 49.4 Å². The Morgan fingerprint density at radius 2 is 1.75 bits per heavy atom. The molecule has 2 aromatic carbocycles. The number of thioether (sulfide) groups is 1. The molecule has 1 aliphatic rings. The van der Waals surface area contributed by atoms with Crippen molar-refractivity contribution in [1.82, 2.24) is 10.2 Å². The number of hydrogen-bond acceptors (Lipinski definition) is 3. The molecule has 2 amide bonds. The third kappa shape index (κ3) is 7.37. The summed E-state index contributed by atoms with van der Waals surface area (Å²) in [6, 6.07) is 16.1. The minimum absolute atomic E-state index is 0.0914. The molecule has 0 aliphatic heterocycles. The van der Waals surface area contributed by atoms with Crippen LogP contribution in [0.3, 0.4) is 0 Å². The van der Waals surface area contributed by atoms with Crippen LogP contribution in [-0.4, -0.2) is 34.6 Å². The molecule has 0 saturated heterocycles. The first-order valence-corrected chi connectivity index (χ1v) is 12.6. The van der Waals surface area contributed by atoms with E-state index in [1.54, 1.807) is 36.9 Å². The number of benzene rings is 2. The zero-order valence-electron chi connectivity index (χ0n) is 18.8. The van der Waals surface area contributed by atoms with Gasteiger partial charge in [-0.2, -0.15) is 11.8 Å². The number of rotatable bonds is 10. The van der Waals surface area contributed by atoms with E-state index >= 15 is 0 Å². The fourth-order valence-corrected chi connectivity index (χ4v) is 4.92. The number of hydrogen-bond donors (Lipinski definition) is 1. The van der Waals surface area contributed by atoms with Crippen LogP contribution in [0.1, 0.15) is 56.6 Å². The van der Waals surface area contributed by atoms with Crippen LogP contribution < -0.4 is 5.32 Å². The molecule has 1 fully saturated rings. The first-order valence-electron chi connectivity index (χ1n) is 11.5. The van der Waals surface area contributed by atoms with Gasteiger partial charge < -0.3 is 10.2 Å². The van der Waals surface area contributed by atoms with Gasteiger partial charge in [-0.1, -0.05) is 67.8 Å². The van der Waals surface area contributed by atoms with Crippen LogP contribution in [0.4, 0.5) is 4.39 Å². The Labute approximate surface area is 195 Å². The Morgan fingerprint density at radius 3 is 2.47 bits per heavy atom. The fourth-order valence-electron chi connectivity index (χ4n) is 4.03. The molecule has 0 spiro atoms. The minimum Gasteiger partial charge on any atom is -0.352 e. The van der Waals surface area contributed by atoms with Crippen LogP contribution in [0.15, 0.2) is 54.6 Å². The number of nitrogens with zero attached hydrogens (tertiary/aromatic N) is 1. The number of halogens is 1. The third-order valence-corrected chi connectivity index (χ3v) is 7.02. The average molecular weight is 457 g/mol. The minimum atomic E-state index is -0.650. The van der Waals surface area contributed by atoms with Gasteiger partial charge in [0.2, 0.25) is 11.8 Å². The molecule has 1 aliphatic carbocycles. The summed E-state index contributed by atoms with van der Waals surface area (Å²) in [5, 5.41) is 3.11. The van der Waals surface area contributed by atoms with Crippen molar-refractivity contribution >= 4 is 23.6 Å². The van der Waals surface area contributed by atoms with E-state index in [2.05, 4.69) is 17.4 Å². The monoisotopic (exact) mass is 456 g/mol. The molecule has 0 aromatic heterocycles. The Bertz CT molecular complexity index is 871. The molecule has 0 radical (unpaired) electrons. The van der Waals surface area contributed by atoms with Crippen molar-refractivity contribution in [3.05, 3.63) is 71.5 Å². The summed E-state index contributed by atoms with van der Waals surface area (Å²) >= 11 is 1.69. The SMILES string of the molecule is CC(C(=O)NC1CCCCC1)N(Cc1ccccc1F)C(=O)CCSCc1ccccc1. The largest absolute Gasteiger partial charge is 0.352 e. The van der Waals surface area contributed by atoms with Gasteiger partial charge in [0.1, 0.15) is 11.9 Å². The van der Waals surface area contributed by atoms with Gasteiger partial charge in [-0.05, 0) is 31.4 Å². The summed E-state index contributed by atoms with van der Waals surface area (Å²) in [6.07, 6.45) is 5.73. The van der Waals surface area contributed by atoms with E-state index in [1.807, 2.05) is 18.2 Å². The Kier molecular flexibility index (Phi) is 9.60. The van der Waals surface area contributed by atoms with E-state index in [0.717, 1.165) is 31.4 Å². The second-order valence-electron chi connectivity index (χ2n) is 8.42. The quantitative estimate of drug-likeness (QED) is 0.493. The van der Waals surface area contributed by atoms with Crippen molar-refractivity contribution < 1.29 is 14.0 Å². The van der Waals surface area contributed by atoms with Gasteiger partial charge >= 0.3 is 0 Å². The van der Waals surface area contributed by atoms with Crippen LogP contribution in [0, 0.1) is 5.82 Å². The average Bonchev–Trinajstić information content (AvgIpc) is 2.82. The maximum absolute atomic E-state index is 14.3. The normalized spacial score (nSPS) is 15.2. The maximum atomic E-state index is 14.3. The van der Waals surface area contributed by atoms with Crippen molar-refractivity contribution in [2.24, 2.45) is 0 Å². The van der Waals surface area contributed by atoms with Crippen molar-refractivity contribution in [3.8, 4) is 0 Å². The van der Waals surface area contributed by atoms with E-state index in [4.69, 9.17) is 0 Å². The maximum Gasteiger partial charge on any atom is 0.242 e. The highest BCUT2D eigenvalue weighted by Crippen LogP contribution is 2.20. The highest BCUT2D eigenvalue weighted by Gasteiger charge is 2.28. The van der Waals surface area contributed by atoms with Crippen molar-refractivity contribution in [3.63, 3.8) is 0 Å². The Morgan fingerprint density at radius 1 is 1.06 bits per heavy atom. The van der Waals surface area contributed by atoms with Gasteiger partial charge in [0.15, 0.2) is 0 Å². The Hall–Kier alpha value is -2.34. The van der Waals surface area contributed by atoms with Crippen LogP contribution in [0.5, 0.6) is 0 Å². The summed E-state index contributed by atoms with van der Waals surface area (Å²) in [7, 11) is 0. The summed E-state index contributed by atoms with van der Waals surface area (Å²) in [5.41, 5.74) is 1.64. The van der Waals surface area contributed by atoms with E-state index in [-0.39, 0.29) is 30.2 Å². The summed E-state index contributed by atoms with van der Waals surface area (Å²) in [5.74, 6) is 0.847. The van der Waals surface area contributed by atoms with Gasteiger partial charge in [-0.15, -0.1) is 0 Å². The van der Waals surface area contributed by atoms with Gasteiger partial charge in [-0.3, -0.25) is 9.59 Å². The predicted octanol–water partition coefficient (Wildman–Crippen LogP) is 5.32. The first kappa shape index (κ1) is 24.3. The van der Waals surface area contributed by atoms with E-state index in [0.29, 0.717) is 17.7 Å². The molecule has 172 valence electrons. The lowest BCUT2D eigenvalue weighted by atomic mass is 9.95. The molecule has 32 heavy (non-hydrogen) atoms. The molecular weight excluding hydrogens is 423 g/mol. The zero-order valence-corrected chi connectivity index (χ0v) is 19.6. The van der Waals surface area contributed by atoms with Gasteiger partial charge in [0, 0.05) is 36.1 Å². The van der Waals surface area contributed by atoms with E-state index in [9.17, 15) is 14.0 Å². The summed E-state index contributed by atoms with van der Waals surface area (Å²) in [4.78, 5) is 27.6. The van der Waals surface area contributed by atoms with Crippen LogP contribution >= 0.6 is 11.8 Å². The van der Waals surface area contributed by atoms with Crippen LogP contribution in [0.2, 0.25) is 0 Å². The lowest BCUT2D eigenvalue weighted by molar-refractivity contribution is -0.140. The van der Waals surface area contributed by atoms with Crippen molar-refractivity contribution in [2.45, 2.75) is 69.8 Å². The zero-order chi connectivity index (χ0) is 22.8. The molecule has 6 heteroatoms. The van der Waals surface area contributed by atoms with Crippen LogP contribution in [0.25, 0.3) is 0 Å². The number of nitrogens with one attached hydrogen (secondary N) is 1. The fraction of sp³-hybridized carbons (Fsp3) is 0.462. The molecule has 1 saturated carbocycles. The number of amides is 2. The standard InChI is InChI=1S/C26H33FN2O2S/c1-20(26(31)28-23-13-6-3-7-14-23)29(18-22-12-8-9-15-24(22)27)25(30)16-17-32-19-21-10-4-2-5-11-21/h2,4-5,8-12,15,20,23H,3,6-7,13-14,16-19H2,1H3,(H,28,31). The molecular formula is C26H33FN2O2S. The molecule has 1 atom stereocenters. The second kappa shape index (κ2) is 12.6. The lowest BCUT2D eigenvalue weighted by Gasteiger charge is -2.31. The first-order chi connectivity index (χ1) is 15.5. The van der Waals surface area contributed by atoms with Crippen molar-refractivity contribution in [1.29, 1.82) is 0 Å². The molecule has 4 nitrogen and oxygen atoms in total. The van der Waals surface area contributed by atoms with E-state index in [1.165, 1.54) is 23.0 Å². The summed E-state index contributed by atoms with van der Waals surface area (Å²) < 4.78 is 14.3. The molecule has 0 heterocycles. The number of carbonyl (C=O) groups excluding carboxylic acids is 2. The molecule has 1 unspecified atom stereocenters. The second-order valence-corrected chi connectivity index (χ2v) is 9.53. The number of carbonyl (C=O) groups is 2. The molecule has 3 rings (SSSR count). The summed E-state index contributed by atoms with van der Waals surface area (Å²) in [6.45, 7) is 1.84. The molecule has 2 aromatic rings. The molecule has 1 N–H and O–H groups in total. The highest BCUT2D eigenvalue weighted by molar-refractivity contribution is 7.98. The van der Waals surface area contributed by atoms with Gasteiger partial charge in [-0.25, -0.2) is 4.39 Å². The van der Waals surface area contributed by atoms with Crippen molar-refractivity contribution in [2.75, 3.05) is 5.75 Å². The van der Waals surface area contributed by atoms with Gasteiger partial charge in [0.25, 0.3) is 0 Å². The smallest absolute Gasteiger partial charge is 0.242 e. The highest BCUT2D eigenvalue weighted by atomic mass is 32.2.